The van der Waals surface area contributed by atoms with Crippen molar-refractivity contribution in [1.29, 1.82) is 0 Å². The summed E-state index contributed by atoms with van der Waals surface area (Å²) < 4.78 is 69.9. The molecule has 0 spiro atoms. The number of rotatable bonds is 9. The van der Waals surface area contributed by atoms with Crippen molar-refractivity contribution in [2.75, 3.05) is 5.32 Å². The van der Waals surface area contributed by atoms with Gasteiger partial charge >= 0.3 is 16.3 Å². The van der Waals surface area contributed by atoms with Crippen LogP contribution >= 0.6 is 11.3 Å². The van der Waals surface area contributed by atoms with Gasteiger partial charge in [0.2, 0.25) is 11.7 Å². The number of hydrogen-bond donors (Lipinski definition) is 2. The molecule has 1 heterocycles. The standard InChI is InChI=1S/C30H22F3N3O5S2/c31-30(32,33)20-10-6-11-21(17-20)34-29(38)26(16-19-8-2-1-3-9-19)35-25-18-24(22-12-4-5-13-23(22)28(25)37)36-41-43(39,40)27-14-7-15-42-27/h1-15,17-18,26,36H,16H2,(H,34,38)/t26-/m1/s1. The molecule has 0 radical (unpaired) electrons. The Balaban J connectivity index is 1.49. The zero-order valence-corrected chi connectivity index (χ0v) is 23.7. The number of benzene rings is 3. The Bertz CT molecular complexity index is 1820. The molecule has 0 aliphatic heterocycles. The number of hydroxylamine groups is 1. The lowest BCUT2D eigenvalue weighted by Crippen LogP contribution is -2.32. The van der Waals surface area contributed by atoms with E-state index in [1.807, 2.05) is 0 Å². The summed E-state index contributed by atoms with van der Waals surface area (Å²) in [5.74, 6) is -1.28. The van der Waals surface area contributed by atoms with E-state index in [-0.39, 0.29) is 33.3 Å². The van der Waals surface area contributed by atoms with Crippen LogP contribution in [0.1, 0.15) is 27.0 Å². The number of Topliss-reactive ketones (excluding diaryl/α,β-unsaturated/α-hetero) is 1. The number of carbonyl (C=O) groups is 2. The SMILES string of the molecule is O=C1C(=N[C@H](Cc2ccccc2)C(=O)Nc2cccc(C(F)(F)F)c2)C=C(NOS(=O)(=O)c2cccs2)c2ccccc21. The highest BCUT2D eigenvalue weighted by Gasteiger charge is 2.31. The van der Waals surface area contributed by atoms with Crippen LogP contribution in [0.2, 0.25) is 0 Å². The Kier molecular flexibility index (Phi) is 8.57. The molecule has 1 atom stereocenters. The minimum Gasteiger partial charge on any atom is -0.324 e. The number of nitrogens with zero attached hydrogens (tertiary/aromatic N) is 1. The van der Waals surface area contributed by atoms with E-state index in [0.717, 1.165) is 23.5 Å². The van der Waals surface area contributed by atoms with E-state index in [4.69, 9.17) is 4.28 Å². The molecule has 1 aromatic heterocycles. The van der Waals surface area contributed by atoms with Crippen LogP contribution in [0.5, 0.6) is 0 Å². The predicted molar refractivity (Wildman–Crippen MR) is 156 cm³/mol. The smallest absolute Gasteiger partial charge is 0.324 e. The molecule has 0 bridgehead atoms. The van der Waals surface area contributed by atoms with Gasteiger partial charge in [0.25, 0.3) is 0 Å². The number of nitrogens with one attached hydrogen (secondary N) is 2. The number of fused-ring (bicyclic) bond motifs is 1. The van der Waals surface area contributed by atoms with Crippen LogP contribution in [0.4, 0.5) is 18.9 Å². The quantitative estimate of drug-likeness (QED) is 0.224. The number of anilines is 1. The van der Waals surface area contributed by atoms with Crippen molar-refractivity contribution in [3.05, 3.63) is 125 Å². The van der Waals surface area contributed by atoms with E-state index in [1.54, 1.807) is 60.0 Å². The minimum absolute atomic E-state index is 0.0178. The maximum Gasteiger partial charge on any atom is 0.416 e. The first-order valence-corrected chi connectivity index (χ1v) is 15.0. The summed E-state index contributed by atoms with van der Waals surface area (Å²) in [5, 5.41) is 4.05. The molecule has 220 valence electrons. The van der Waals surface area contributed by atoms with Gasteiger partial charge < -0.3 is 5.32 Å². The zero-order valence-electron chi connectivity index (χ0n) is 22.0. The molecule has 1 aliphatic carbocycles. The van der Waals surface area contributed by atoms with Gasteiger partial charge in [0, 0.05) is 23.2 Å². The van der Waals surface area contributed by atoms with E-state index >= 15 is 0 Å². The number of ketones is 1. The van der Waals surface area contributed by atoms with Crippen molar-refractivity contribution in [2.45, 2.75) is 22.8 Å². The molecule has 13 heteroatoms. The Labute approximate surface area is 248 Å². The number of allylic oxidation sites excluding steroid dienone is 1. The molecular formula is C30H22F3N3O5S2. The van der Waals surface area contributed by atoms with Crippen molar-refractivity contribution in [3.63, 3.8) is 0 Å². The summed E-state index contributed by atoms with van der Waals surface area (Å²) in [4.78, 5) is 31.3. The second kappa shape index (κ2) is 12.3. The molecule has 4 aromatic rings. The summed E-state index contributed by atoms with van der Waals surface area (Å²) >= 11 is 0.961. The van der Waals surface area contributed by atoms with Crippen molar-refractivity contribution in [1.82, 2.24) is 5.48 Å². The van der Waals surface area contributed by atoms with Crippen LogP contribution in [0.15, 0.2) is 112 Å². The number of amides is 1. The van der Waals surface area contributed by atoms with Gasteiger partial charge in [-0.3, -0.25) is 14.6 Å². The van der Waals surface area contributed by atoms with Gasteiger partial charge in [-0.05, 0) is 41.3 Å². The predicted octanol–water partition coefficient (Wildman–Crippen LogP) is 5.91. The largest absolute Gasteiger partial charge is 0.416 e. The second-order valence-electron chi connectivity index (χ2n) is 9.29. The van der Waals surface area contributed by atoms with Crippen LogP contribution in [-0.2, 0) is 31.8 Å². The molecule has 8 nitrogen and oxygen atoms in total. The summed E-state index contributed by atoms with van der Waals surface area (Å²) in [6.45, 7) is 0. The number of alkyl halides is 3. The Morgan fingerprint density at radius 3 is 2.35 bits per heavy atom. The van der Waals surface area contributed by atoms with E-state index < -0.39 is 39.6 Å². The Hall–Kier alpha value is -4.59. The van der Waals surface area contributed by atoms with Gasteiger partial charge in [0.05, 0.1) is 11.3 Å². The summed E-state index contributed by atoms with van der Waals surface area (Å²) in [7, 11) is -4.18. The first kappa shape index (κ1) is 29.9. The first-order valence-electron chi connectivity index (χ1n) is 12.7. The molecule has 0 fully saturated rings. The fourth-order valence-electron chi connectivity index (χ4n) is 4.26. The van der Waals surface area contributed by atoms with Gasteiger partial charge in [-0.25, -0.2) is 5.48 Å². The molecule has 0 saturated heterocycles. The fourth-order valence-corrected chi connectivity index (χ4v) is 5.98. The minimum atomic E-state index is -4.61. The summed E-state index contributed by atoms with van der Waals surface area (Å²) in [6, 6.07) is 21.0. The highest BCUT2D eigenvalue weighted by Crippen LogP contribution is 2.31. The first-order chi connectivity index (χ1) is 20.5. The molecule has 5 rings (SSSR count). The highest BCUT2D eigenvalue weighted by molar-refractivity contribution is 7.88. The van der Waals surface area contributed by atoms with Crippen LogP contribution in [-0.4, -0.2) is 31.9 Å². The maximum absolute atomic E-state index is 13.5. The topological polar surface area (TPSA) is 114 Å². The molecule has 1 amide bonds. The summed E-state index contributed by atoms with van der Waals surface area (Å²) in [5.41, 5.74) is 2.51. The van der Waals surface area contributed by atoms with Crippen molar-refractivity contribution < 1.29 is 35.5 Å². The van der Waals surface area contributed by atoms with Gasteiger partial charge in [0.15, 0.2) is 0 Å². The monoisotopic (exact) mass is 625 g/mol. The lowest BCUT2D eigenvalue weighted by Gasteiger charge is -2.20. The second-order valence-corrected chi connectivity index (χ2v) is 12.0. The number of aliphatic imine (C=N–C) groups is 1. The van der Waals surface area contributed by atoms with Crippen LogP contribution < -0.4 is 10.8 Å². The third-order valence-electron chi connectivity index (χ3n) is 6.31. The van der Waals surface area contributed by atoms with E-state index in [0.29, 0.717) is 11.1 Å². The third kappa shape index (κ3) is 7.08. The molecular weight excluding hydrogens is 603 g/mol. The number of halogens is 3. The maximum atomic E-state index is 13.5. The molecule has 0 unspecified atom stereocenters. The molecule has 43 heavy (non-hydrogen) atoms. The molecule has 0 saturated carbocycles. The molecule has 3 aromatic carbocycles. The molecule has 2 N–H and O–H groups in total. The number of carbonyl (C=O) groups excluding carboxylic acids is 2. The number of thiophene rings is 1. The van der Waals surface area contributed by atoms with Crippen LogP contribution in [0, 0.1) is 0 Å². The van der Waals surface area contributed by atoms with E-state index in [2.05, 4.69) is 15.8 Å². The van der Waals surface area contributed by atoms with Gasteiger partial charge in [-0.15, -0.1) is 15.6 Å². The third-order valence-corrected chi connectivity index (χ3v) is 8.80. The van der Waals surface area contributed by atoms with Crippen molar-refractivity contribution in [3.8, 4) is 0 Å². The van der Waals surface area contributed by atoms with Crippen molar-refractivity contribution >= 4 is 50.2 Å². The van der Waals surface area contributed by atoms with Crippen LogP contribution in [0.3, 0.4) is 0 Å². The lowest BCUT2D eigenvalue weighted by atomic mass is 9.92. The number of hydrogen-bond acceptors (Lipinski definition) is 8. The van der Waals surface area contributed by atoms with E-state index in [1.165, 1.54) is 30.3 Å². The Morgan fingerprint density at radius 1 is 0.930 bits per heavy atom. The van der Waals surface area contributed by atoms with Crippen molar-refractivity contribution in [2.24, 2.45) is 4.99 Å². The normalized spacial score (nSPS) is 15.0. The van der Waals surface area contributed by atoms with E-state index in [9.17, 15) is 31.2 Å². The van der Waals surface area contributed by atoms with Gasteiger partial charge in [-0.1, -0.05) is 66.7 Å². The zero-order chi connectivity index (χ0) is 30.6. The van der Waals surface area contributed by atoms with Crippen LogP contribution in [0.25, 0.3) is 5.70 Å². The fraction of sp³-hybridized carbons (Fsp3) is 0.100. The summed E-state index contributed by atoms with van der Waals surface area (Å²) in [6.07, 6.45) is -3.33. The van der Waals surface area contributed by atoms with Gasteiger partial charge in [-0.2, -0.15) is 21.6 Å². The average molecular weight is 626 g/mol. The van der Waals surface area contributed by atoms with Gasteiger partial charge in [0.1, 0.15) is 16.0 Å². The highest BCUT2D eigenvalue weighted by atomic mass is 32.3. The average Bonchev–Trinajstić information content (AvgIpc) is 3.54. The Morgan fingerprint density at radius 2 is 1.65 bits per heavy atom. The molecule has 1 aliphatic rings. The lowest BCUT2D eigenvalue weighted by molar-refractivity contribution is -0.137.